The van der Waals surface area contributed by atoms with Crippen LogP contribution in [0.5, 0.6) is 0 Å². The van der Waals surface area contributed by atoms with Crippen molar-refractivity contribution in [2.75, 3.05) is 13.2 Å². The van der Waals surface area contributed by atoms with E-state index in [0.717, 1.165) is 6.42 Å². The van der Waals surface area contributed by atoms with Crippen LogP contribution in [0, 0.1) is 5.92 Å². The summed E-state index contributed by atoms with van der Waals surface area (Å²) < 4.78 is 5.04. The molecule has 1 saturated heterocycles. The maximum atomic E-state index is 11.3. The van der Waals surface area contributed by atoms with Gasteiger partial charge in [-0.2, -0.15) is 0 Å². The van der Waals surface area contributed by atoms with E-state index in [4.69, 9.17) is 4.74 Å². The Bertz CT molecular complexity index is 219. The predicted molar refractivity (Wildman–Crippen MR) is 64.4 cm³/mol. The van der Waals surface area contributed by atoms with Gasteiger partial charge in [0.1, 0.15) is 0 Å². The highest BCUT2D eigenvalue weighted by Crippen LogP contribution is 2.11. The second kappa shape index (κ2) is 6.74. The first-order valence-corrected chi connectivity index (χ1v) is 6.24. The third kappa shape index (κ3) is 5.35. The monoisotopic (exact) mass is 228 g/mol. The molecule has 0 saturated carbocycles. The minimum atomic E-state index is -0.297. The van der Waals surface area contributed by atoms with Gasteiger partial charge in [-0.1, -0.05) is 20.3 Å². The molecule has 1 aliphatic heterocycles. The topological polar surface area (TPSA) is 50.4 Å². The highest BCUT2D eigenvalue weighted by Gasteiger charge is 2.18. The van der Waals surface area contributed by atoms with Crippen LogP contribution in [0.2, 0.25) is 0 Å². The van der Waals surface area contributed by atoms with E-state index in [1.165, 1.54) is 12.8 Å². The van der Waals surface area contributed by atoms with Crippen molar-refractivity contribution < 1.29 is 9.53 Å². The first-order chi connectivity index (χ1) is 7.58. The van der Waals surface area contributed by atoms with E-state index in [2.05, 4.69) is 17.6 Å². The van der Waals surface area contributed by atoms with E-state index in [-0.39, 0.29) is 6.09 Å². The highest BCUT2D eigenvalue weighted by atomic mass is 16.5. The number of ether oxygens (including phenoxy) is 1. The Morgan fingerprint density at radius 1 is 1.50 bits per heavy atom. The molecule has 94 valence electrons. The van der Waals surface area contributed by atoms with E-state index >= 15 is 0 Å². The van der Waals surface area contributed by atoms with Crippen LogP contribution in [0.25, 0.3) is 0 Å². The average molecular weight is 228 g/mol. The molecular formula is C12H24N2O2. The predicted octanol–water partition coefficient (Wildman–Crippen LogP) is 1.90. The van der Waals surface area contributed by atoms with Crippen LogP contribution in [-0.4, -0.2) is 31.3 Å². The summed E-state index contributed by atoms with van der Waals surface area (Å²) in [5.41, 5.74) is 0. The Balaban J connectivity index is 2.11. The van der Waals surface area contributed by atoms with Gasteiger partial charge in [0.05, 0.1) is 6.61 Å². The lowest BCUT2D eigenvalue weighted by Gasteiger charge is -2.28. The van der Waals surface area contributed by atoms with Crippen molar-refractivity contribution in [2.45, 2.75) is 52.1 Å². The lowest BCUT2D eigenvalue weighted by molar-refractivity contribution is 0.131. The minimum Gasteiger partial charge on any atom is -0.449 e. The zero-order valence-corrected chi connectivity index (χ0v) is 10.6. The molecule has 2 unspecified atom stereocenters. The molecule has 0 aliphatic carbocycles. The normalized spacial score (nSPS) is 25.5. The number of hydrogen-bond donors (Lipinski definition) is 2. The lowest BCUT2D eigenvalue weighted by Crippen LogP contribution is -2.47. The molecule has 1 amide bonds. The van der Waals surface area contributed by atoms with Crippen molar-refractivity contribution in [1.82, 2.24) is 10.6 Å². The number of piperidine rings is 1. The van der Waals surface area contributed by atoms with E-state index in [1.807, 2.05) is 13.8 Å². The van der Waals surface area contributed by atoms with Gasteiger partial charge >= 0.3 is 6.09 Å². The second-order valence-corrected chi connectivity index (χ2v) is 5.07. The molecule has 4 nitrogen and oxygen atoms in total. The van der Waals surface area contributed by atoms with Crippen LogP contribution in [0.4, 0.5) is 4.79 Å². The molecule has 2 atom stereocenters. The van der Waals surface area contributed by atoms with Crippen LogP contribution in [0.3, 0.4) is 0 Å². The summed E-state index contributed by atoms with van der Waals surface area (Å²) in [5, 5.41) is 6.27. The summed E-state index contributed by atoms with van der Waals surface area (Å²) in [6.07, 6.45) is 3.30. The van der Waals surface area contributed by atoms with Gasteiger partial charge < -0.3 is 15.4 Å². The van der Waals surface area contributed by atoms with Crippen molar-refractivity contribution in [3.63, 3.8) is 0 Å². The average Bonchev–Trinajstić information content (AvgIpc) is 2.23. The smallest absolute Gasteiger partial charge is 0.407 e. The molecule has 1 heterocycles. The third-order valence-electron chi connectivity index (χ3n) is 2.75. The van der Waals surface area contributed by atoms with Crippen LogP contribution >= 0.6 is 0 Å². The fourth-order valence-electron chi connectivity index (χ4n) is 1.90. The van der Waals surface area contributed by atoms with Gasteiger partial charge in [0, 0.05) is 18.6 Å². The molecule has 0 radical (unpaired) electrons. The number of rotatable bonds is 4. The number of hydrogen-bond acceptors (Lipinski definition) is 3. The molecule has 4 heteroatoms. The van der Waals surface area contributed by atoms with E-state index < -0.39 is 0 Å². The van der Waals surface area contributed by atoms with Crippen LogP contribution in [0.1, 0.15) is 40.0 Å². The van der Waals surface area contributed by atoms with Crippen molar-refractivity contribution in [2.24, 2.45) is 5.92 Å². The van der Waals surface area contributed by atoms with Gasteiger partial charge in [-0.25, -0.2) is 4.79 Å². The Morgan fingerprint density at radius 3 is 2.88 bits per heavy atom. The lowest BCUT2D eigenvalue weighted by atomic mass is 10.00. The summed E-state index contributed by atoms with van der Waals surface area (Å²) in [4.78, 5) is 11.3. The van der Waals surface area contributed by atoms with E-state index in [1.54, 1.807) is 0 Å². The minimum absolute atomic E-state index is 0.297. The molecule has 0 aromatic carbocycles. The Hall–Kier alpha value is -0.770. The van der Waals surface area contributed by atoms with Crippen LogP contribution < -0.4 is 10.6 Å². The summed E-state index contributed by atoms with van der Waals surface area (Å²) in [7, 11) is 0. The number of carbonyl (C=O) groups is 1. The van der Waals surface area contributed by atoms with Gasteiger partial charge in [0.15, 0.2) is 0 Å². The summed E-state index contributed by atoms with van der Waals surface area (Å²) >= 11 is 0. The second-order valence-electron chi connectivity index (χ2n) is 5.07. The van der Waals surface area contributed by atoms with Crippen LogP contribution in [0.15, 0.2) is 0 Å². The Kier molecular flexibility index (Phi) is 5.60. The standard InChI is InChI=1S/C12H24N2O2/c1-9(2)8-16-12(15)13-7-11-6-4-5-10(3)14-11/h9-11,14H,4-8H2,1-3H3,(H,13,15). The van der Waals surface area contributed by atoms with Crippen molar-refractivity contribution in [3.05, 3.63) is 0 Å². The largest absolute Gasteiger partial charge is 0.449 e. The molecule has 2 N–H and O–H groups in total. The third-order valence-corrected chi connectivity index (χ3v) is 2.75. The zero-order valence-electron chi connectivity index (χ0n) is 10.6. The molecule has 0 bridgehead atoms. The van der Waals surface area contributed by atoms with E-state index in [0.29, 0.717) is 31.2 Å². The van der Waals surface area contributed by atoms with Crippen molar-refractivity contribution >= 4 is 6.09 Å². The number of alkyl carbamates (subject to hydrolysis) is 1. The molecule has 1 fully saturated rings. The molecule has 0 aromatic heterocycles. The first-order valence-electron chi connectivity index (χ1n) is 6.24. The molecule has 0 aromatic rings. The first kappa shape index (κ1) is 13.3. The number of nitrogens with one attached hydrogen (secondary N) is 2. The Morgan fingerprint density at radius 2 is 2.25 bits per heavy atom. The maximum Gasteiger partial charge on any atom is 0.407 e. The summed E-state index contributed by atoms with van der Waals surface area (Å²) in [6, 6.07) is 0.961. The molecule has 1 aliphatic rings. The quantitative estimate of drug-likeness (QED) is 0.772. The highest BCUT2D eigenvalue weighted by molar-refractivity contribution is 5.67. The summed E-state index contributed by atoms with van der Waals surface area (Å²) in [6.45, 7) is 7.39. The number of amides is 1. The number of carbonyl (C=O) groups excluding carboxylic acids is 1. The van der Waals surface area contributed by atoms with Crippen LogP contribution in [-0.2, 0) is 4.74 Å². The fraction of sp³-hybridized carbons (Fsp3) is 0.917. The molecule has 0 spiro atoms. The zero-order chi connectivity index (χ0) is 12.0. The van der Waals surface area contributed by atoms with Gasteiger partial charge in [0.2, 0.25) is 0 Å². The SMILES string of the molecule is CC(C)COC(=O)NCC1CCCC(C)N1. The fourth-order valence-corrected chi connectivity index (χ4v) is 1.90. The Labute approximate surface area is 98.1 Å². The van der Waals surface area contributed by atoms with E-state index in [9.17, 15) is 4.79 Å². The summed E-state index contributed by atoms with van der Waals surface area (Å²) in [5.74, 6) is 0.388. The van der Waals surface area contributed by atoms with Crippen molar-refractivity contribution in [3.8, 4) is 0 Å². The van der Waals surface area contributed by atoms with Gasteiger partial charge in [-0.05, 0) is 25.7 Å². The molecule has 16 heavy (non-hydrogen) atoms. The molecule has 1 rings (SSSR count). The molecular weight excluding hydrogens is 204 g/mol. The van der Waals surface area contributed by atoms with Gasteiger partial charge in [-0.15, -0.1) is 0 Å². The van der Waals surface area contributed by atoms with Crippen molar-refractivity contribution in [1.29, 1.82) is 0 Å². The van der Waals surface area contributed by atoms with Gasteiger partial charge in [-0.3, -0.25) is 0 Å². The van der Waals surface area contributed by atoms with Gasteiger partial charge in [0.25, 0.3) is 0 Å². The maximum absolute atomic E-state index is 11.3.